The lowest BCUT2D eigenvalue weighted by Gasteiger charge is -2.23. The summed E-state index contributed by atoms with van der Waals surface area (Å²) in [5, 5.41) is 20.6. The Morgan fingerprint density at radius 2 is 1.92 bits per heavy atom. The largest absolute Gasteiger partial charge is 0.355 e. The molecule has 1 fully saturated rings. The number of hydrogen-bond acceptors (Lipinski definition) is 5. The summed E-state index contributed by atoms with van der Waals surface area (Å²) >= 11 is 0. The van der Waals surface area contributed by atoms with Gasteiger partial charge in [0.25, 0.3) is 5.91 Å². The number of nitriles is 1. The lowest BCUT2D eigenvalue weighted by atomic mass is 9.94. The molecular weight excluding hydrogens is 326 g/mol. The van der Waals surface area contributed by atoms with E-state index in [2.05, 4.69) is 26.5 Å². The van der Waals surface area contributed by atoms with Crippen molar-refractivity contribution in [1.29, 1.82) is 5.26 Å². The fourth-order valence-electron chi connectivity index (χ4n) is 3.06. The summed E-state index contributed by atoms with van der Waals surface area (Å²) < 4.78 is 0. The molecule has 1 aliphatic heterocycles. The van der Waals surface area contributed by atoms with Crippen LogP contribution in [0.3, 0.4) is 0 Å². The van der Waals surface area contributed by atoms with Gasteiger partial charge in [0, 0.05) is 13.1 Å². The third kappa shape index (κ3) is 4.37. The second-order valence-corrected chi connectivity index (χ2v) is 6.85. The standard InChI is InChI=1S/C20H23N5O/c1-20(15-21,12-11-16-7-3-2-4-8-16)22-19(26)17-9-10-18(24-23-17)25-13-5-6-14-25/h2-4,7-10H,5-6,11-14H2,1H3,(H,22,26). The number of hydrogen-bond donors (Lipinski definition) is 1. The Morgan fingerprint density at radius 3 is 2.54 bits per heavy atom. The topological polar surface area (TPSA) is 81.9 Å². The van der Waals surface area contributed by atoms with E-state index in [-0.39, 0.29) is 11.6 Å². The summed E-state index contributed by atoms with van der Waals surface area (Å²) in [6.07, 6.45) is 3.56. The summed E-state index contributed by atoms with van der Waals surface area (Å²) in [5.41, 5.74) is 0.412. The molecule has 1 atom stereocenters. The molecule has 0 aliphatic carbocycles. The summed E-state index contributed by atoms with van der Waals surface area (Å²) in [6.45, 7) is 3.69. The van der Waals surface area contributed by atoms with Crippen LogP contribution in [0, 0.1) is 11.3 Å². The van der Waals surface area contributed by atoms with Gasteiger partial charge in [-0.25, -0.2) is 0 Å². The molecule has 0 saturated carbocycles. The van der Waals surface area contributed by atoms with Crippen LogP contribution in [-0.2, 0) is 6.42 Å². The highest BCUT2D eigenvalue weighted by Crippen LogP contribution is 2.17. The number of benzene rings is 1. The quantitative estimate of drug-likeness (QED) is 0.867. The molecule has 6 nitrogen and oxygen atoms in total. The second kappa shape index (κ2) is 7.96. The van der Waals surface area contributed by atoms with E-state index in [1.54, 1.807) is 13.0 Å². The number of carbonyl (C=O) groups excluding carboxylic acids is 1. The molecular formula is C20H23N5O. The molecule has 2 heterocycles. The van der Waals surface area contributed by atoms with Crippen LogP contribution in [-0.4, -0.2) is 34.7 Å². The highest BCUT2D eigenvalue weighted by molar-refractivity contribution is 5.93. The zero-order valence-corrected chi connectivity index (χ0v) is 15.0. The van der Waals surface area contributed by atoms with Crippen molar-refractivity contribution in [2.75, 3.05) is 18.0 Å². The van der Waals surface area contributed by atoms with Crippen molar-refractivity contribution in [3.63, 3.8) is 0 Å². The fourth-order valence-corrected chi connectivity index (χ4v) is 3.06. The molecule has 134 valence electrons. The van der Waals surface area contributed by atoms with E-state index in [1.807, 2.05) is 36.4 Å². The zero-order valence-electron chi connectivity index (χ0n) is 15.0. The van der Waals surface area contributed by atoms with Gasteiger partial charge in [0.15, 0.2) is 11.5 Å². The van der Waals surface area contributed by atoms with Gasteiger partial charge in [0.2, 0.25) is 0 Å². The number of nitrogens with zero attached hydrogens (tertiary/aromatic N) is 4. The molecule has 1 unspecified atom stereocenters. The molecule has 1 amide bonds. The van der Waals surface area contributed by atoms with Crippen molar-refractivity contribution in [2.24, 2.45) is 0 Å². The second-order valence-electron chi connectivity index (χ2n) is 6.85. The van der Waals surface area contributed by atoms with Gasteiger partial charge in [-0.1, -0.05) is 30.3 Å². The monoisotopic (exact) mass is 349 g/mol. The zero-order chi connectivity index (χ0) is 18.4. The van der Waals surface area contributed by atoms with Crippen molar-refractivity contribution in [1.82, 2.24) is 15.5 Å². The molecule has 3 rings (SSSR count). The Bertz CT molecular complexity index is 778. The Hall–Kier alpha value is -2.94. The first-order chi connectivity index (χ1) is 12.6. The molecule has 0 spiro atoms. The molecule has 1 saturated heterocycles. The summed E-state index contributed by atoms with van der Waals surface area (Å²) in [4.78, 5) is 14.6. The third-order valence-corrected chi connectivity index (χ3v) is 4.71. The first kappa shape index (κ1) is 17.9. The summed E-state index contributed by atoms with van der Waals surface area (Å²) in [5.74, 6) is 0.425. The van der Waals surface area contributed by atoms with E-state index in [4.69, 9.17) is 0 Å². The minimum absolute atomic E-state index is 0.231. The van der Waals surface area contributed by atoms with Crippen LogP contribution in [0.1, 0.15) is 42.2 Å². The average Bonchev–Trinajstić information content (AvgIpc) is 3.22. The Labute approximate surface area is 153 Å². The van der Waals surface area contributed by atoms with Crippen LogP contribution < -0.4 is 10.2 Å². The maximum Gasteiger partial charge on any atom is 0.273 e. The highest BCUT2D eigenvalue weighted by Gasteiger charge is 2.27. The minimum Gasteiger partial charge on any atom is -0.355 e. The van der Waals surface area contributed by atoms with Crippen LogP contribution in [0.4, 0.5) is 5.82 Å². The predicted molar refractivity (Wildman–Crippen MR) is 99.7 cm³/mol. The van der Waals surface area contributed by atoms with Crippen molar-refractivity contribution in [3.05, 3.63) is 53.7 Å². The van der Waals surface area contributed by atoms with E-state index in [9.17, 15) is 10.1 Å². The molecule has 1 aromatic heterocycles. The third-order valence-electron chi connectivity index (χ3n) is 4.71. The molecule has 26 heavy (non-hydrogen) atoms. The number of aromatic nitrogens is 2. The lowest BCUT2D eigenvalue weighted by molar-refractivity contribution is 0.0915. The Morgan fingerprint density at radius 1 is 1.19 bits per heavy atom. The van der Waals surface area contributed by atoms with E-state index in [0.717, 1.165) is 37.3 Å². The molecule has 1 aromatic carbocycles. The predicted octanol–water partition coefficient (Wildman–Crippen LogP) is 2.72. The van der Waals surface area contributed by atoms with E-state index < -0.39 is 5.54 Å². The summed E-state index contributed by atoms with van der Waals surface area (Å²) in [7, 11) is 0. The van der Waals surface area contributed by atoms with E-state index >= 15 is 0 Å². The van der Waals surface area contributed by atoms with Gasteiger partial charge in [-0.2, -0.15) is 5.26 Å². The lowest BCUT2D eigenvalue weighted by Crippen LogP contribution is -2.45. The maximum absolute atomic E-state index is 12.5. The molecule has 0 bridgehead atoms. The van der Waals surface area contributed by atoms with E-state index in [1.165, 1.54) is 0 Å². The highest BCUT2D eigenvalue weighted by atomic mass is 16.2. The average molecular weight is 349 g/mol. The molecule has 2 aromatic rings. The molecule has 0 radical (unpaired) electrons. The van der Waals surface area contributed by atoms with Crippen LogP contribution in [0.25, 0.3) is 0 Å². The first-order valence-electron chi connectivity index (χ1n) is 8.96. The van der Waals surface area contributed by atoms with Crippen molar-refractivity contribution >= 4 is 11.7 Å². The van der Waals surface area contributed by atoms with Crippen LogP contribution >= 0.6 is 0 Å². The Balaban J connectivity index is 1.62. The van der Waals surface area contributed by atoms with Crippen molar-refractivity contribution < 1.29 is 4.79 Å². The van der Waals surface area contributed by atoms with Crippen molar-refractivity contribution in [3.8, 4) is 6.07 Å². The van der Waals surface area contributed by atoms with Gasteiger partial charge in [-0.15, -0.1) is 10.2 Å². The fraction of sp³-hybridized carbons (Fsp3) is 0.400. The number of aryl methyl sites for hydroxylation is 1. The number of carbonyl (C=O) groups is 1. The van der Waals surface area contributed by atoms with Crippen LogP contribution in [0.5, 0.6) is 0 Å². The van der Waals surface area contributed by atoms with Gasteiger partial charge in [-0.05, 0) is 50.3 Å². The summed E-state index contributed by atoms with van der Waals surface area (Å²) in [6, 6.07) is 15.6. The molecule has 1 aliphatic rings. The normalized spacial score (nSPS) is 15.9. The number of anilines is 1. The number of rotatable bonds is 6. The van der Waals surface area contributed by atoms with Crippen LogP contribution in [0.15, 0.2) is 42.5 Å². The molecule has 1 N–H and O–H groups in total. The minimum atomic E-state index is -0.956. The van der Waals surface area contributed by atoms with Crippen molar-refractivity contribution in [2.45, 2.75) is 38.1 Å². The van der Waals surface area contributed by atoms with Gasteiger partial charge in [-0.3, -0.25) is 4.79 Å². The maximum atomic E-state index is 12.5. The first-order valence-corrected chi connectivity index (χ1v) is 8.96. The van der Waals surface area contributed by atoms with Gasteiger partial charge >= 0.3 is 0 Å². The number of amides is 1. The smallest absolute Gasteiger partial charge is 0.273 e. The molecule has 6 heteroatoms. The van der Waals surface area contributed by atoms with Gasteiger partial charge in [0.05, 0.1) is 6.07 Å². The van der Waals surface area contributed by atoms with E-state index in [0.29, 0.717) is 12.8 Å². The SMILES string of the molecule is CC(C#N)(CCc1ccccc1)NC(=O)c1ccc(N2CCCC2)nn1. The van der Waals surface area contributed by atoms with Gasteiger partial charge in [0.1, 0.15) is 5.54 Å². The number of nitrogens with one attached hydrogen (secondary N) is 1. The van der Waals surface area contributed by atoms with Gasteiger partial charge < -0.3 is 10.2 Å². The van der Waals surface area contributed by atoms with Crippen LogP contribution in [0.2, 0.25) is 0 Å². The Kier molecular flexibility index (Phi) is 5.47.